The van der Waals surface area contributed by atoms with E-state index in [1.165, 1.54) is 0 Å². The van der Waals surface area contributed by atoms with Crippen LogP contribution in [0.4, 0.5) is 0 Å². The van der Waals surface area contributed by atoms with Crippen molar-refractivity contribution in [2.75, 3.05) is 25.4 Å². The summed E-state index contributed by atoms with van der Waals surface area (Å²) in [4.78, 5) is 18.8. The van der Waals surface area contributed by atoms with Crippen molar-refractivity contribution in [1.82, 2.24) is 14.2 Å². The number of rotatable bonds is 2. The average molecular weight is 337 g/mol. The summed E-state index contributed by atoms with van der Waals surface area (Å²) < 4.78 is 25.8. The SMILES string of the molecule is Cc1ccc(C(=O)N2CCCC(N3CCCS3(=O)=O)C2)nc1C. The highest BCUT2D eigenvalue weighted by molar-refractivity contribution is 7.89. The van der Waals surface area contributed by atoms with E-state index < -0.39 is 10.0 Å². The van der Waals surface area contributed by atoms with E-state index in [1.807, 2.05) is 19.9 Å². The highest BCUT2D eigenvalue weighted by Gasteiger charge is 2.37. The number of pyridine rings is 1. The Morgan fingerprint density at radius 1 is 1.22 bits per heavy atom. The summed E-state index contributed by atoms with van der Waals surface area (Å²) in [5.74, 6) is 0.130. The lowest BCUT2D eigenvalue weighted by molar-refractivity contribution is 0.0652. The maximum Gasteiger partial charge on any atom is 0.272 e. The van der Waals surface area contributed by atoms with Crippen molar-refractivity contribution in [1.29, 1.82) is 0 Å². The normalized spacial score (nSPS) is 24.8. The van der Waals surface area contributed by atoms with Crippen molar-refractivity contribution in [2.24, 2.45) is 0 Å². The Morgan fingerprint density at radius 2 is 2.00 bits per heavy atom. The lowest BCUT2D eigenvalue weighted by Crippen LogP contribution is -2.50. The fourth-order valence-corrected chi connectivity index (χ4v) is 5.12. The van der Waals surface area contributed by atoms with Gasteiger partial charge >= 0.3 is 0 Å². The Morgan fingerprint density at radius 3 is 2.65 bits per heavy atom. The number of hydrogen-bond donors (Lipinski definition) is 0. The first-order valence-electron chi connectivity index (χ1n) is 8.11. The molecule has 2 aliphatic rings. The van der Waals surface area contributed by atoms with E-state index in [4.69, 9.17) is 0 Å². The van der Waals surface area contributed by atoms with Crippen LogP contribution in [-0.2, 0) is 10.0 Å². The lowest BCUT2D eigenvalue weighted by atomic mass is 10.0. The second kappa shape index (κ2) is 6.20. The van der Waals surface area contributed by atoms with Gasteiger partial charge in [0.25, 0.3) is 5.91 Å². The van der Waals surface area contributed by atoms with Gasteiger partial charge in [-0.25, -0.2) is 13.4 Å². The summed E-state index contributed by atoms with van der Waals surface area (Å²) in [6.07, 6.45) is 2.34. The molecule has 0 radical (unpaired) electrons. The topological polar surface area (TPSA) is 70.6 Å². The zero-order valence-corrected chi connectivity index (χ0v) is 14.5. The van der Waals surface area contributed by atoms with Crippen LogP contribution in [0.3, 0.4) is 0 Å². The van der Waals surface area contributed by atoms with Gasteiger partial charge < -0.3 is 4.90 Å². The monoisotopic (exact) mass is 337 g/mol. The number of carbonyl (C=O) groups excluding carboxylic acids is 1. The van der Waals surface area contributed by atoms with Gasteiger partial charge in [0, 0.05) is 31.4 Å². The minimum Gasteiger partial charge on any atom is -0.336 e. The standard InChI is InChI=1S/C16H23N3O3S/c1-12-6-7-15(17-13(12)2)16(20)18-8-3-5-14(11-18)19-9-4-10-23(19,21)22/h6-7,14H,3-5,8-11H2,1-2H3. The zero-order chi connectivity index (χ0) is 16.6. The summed E-state index contributed by atoms with van der Waals surface area (Å²) in [7, 11) is -3.13. The minimum absolute atomic E-state index is 0.0910. The molecule has 1 aromatic rings. The molecule has 2 saturated heterocycles. The molecule has 23 heavy (non-hydrogen) atoms. The van der Waals surface area contributed by atoms with E-state index in [1.54, 1.807) is 15.3 Å². The first-order valence-corrected chi connectivity index (χ1v) is 9.72. The molecule has 1 atom stereocenters. The van der Waals surface area contributed by atoms with Gasteiger partial charge in [0.05, 0.1) is 5.75 Å². The van der Waals surface area contributed by atoms with Crippen molar-refractivity contribution in [2.45, 2.75) is 39.2 Å². The number of hydrogen-bond acceptors (Lipinski definition) is 4. The lowest BCUT2D eigenvalue weighted by Gasteiger charge is -2.36. The molecule has 0 N–H and O–H groups in total. The molecule has 1 aromatic heterocycles. The highest BCUT2D eigenvalue weighted by atomic mass is 32.2. The Kier molecular flexibility index (Phi) is 4.42. The van der Waals surface area contributed by atoms with Crippen LogP contribution in [0.2, 0.25) is 0 Å². The molecular formula is C16H23N3O3S. The van der Waals surface area contributed by atoms with Gasteiger partial charge in [-0.15, -0.1) is 0 Å². The third-order valence-electron chi connectivity index (χ3n) is 4.80. The van der Waals surface area contributed by atoms with E-state index in [2.05, 4.69) is 4.98 Å². The molecule has 7 heteroatoms. The summed E-state index contributed by atoms with van der Waals surface area (Å²) >= 11 is 0. The molecule has 0 spiro atoms. The van der Waals surface area contributed by atoms with Crippen molar-refractivity contribution in [3.63, 3.8) is 0 Å². The molecule has 2 fully saturated rings. The van der Waals surface area contributed by atoms with Gasteiger partial charge in [-0.3, -0.25) is 4.79 Å². The van der Waals surface area contributed by atoms with E-state index in [9.17, 15) is 13.2 Å². The quantitative estimate of drug-likeness (QED) is 0.816. The average Bonchev–Trinajstić information content (AvgIpc) is 2.89. The third-order valence-corrected chi connectivity index (χ3v) is 6.80. The fourth-order valence-electron chi connectivity index (χ4n) is 3.35. The van der Waals surface area contributed by atoms with Crippen LogP contribution in [0.1, 0.15) is 41.0 Å². The first-order chi connectivity index (χ1) is 10.9. The molecular weight excluding hydrogens is 314 g/mol. The maximum atomic E-state index is 12.7. The summed E-state index contributed by atoms with van der Waals surface area (Å²) in [6.45, 7) is 5.56. The van der Waals surface area contributed by atoms with Crippen molar-refractivity contribution in [3.05, 3.63) is 29.1 Å². The van der Waals surface area contributed by atoms with Gasteiger partial charge in [0.15, 0.2) is 0 Å². The van der Waals surface area contributed by atoms with E-state index in [0.29, 0.717) is 31.7 Å². The predicted molar refractivity (Wildman–Crippen MR) is 87.7 cm³/mol. The molecule has 1 amide bonds. The summed E-state index contributed by atoms with van der Waals surface area (Å²) in [5.41, 5.74) is 2.35. The van der Waals surface area contributed by atoms with Crippen LogP contribution in [0.25, 0.3) is 0 Å². The molecule has 6 nitrogen and oxygen atoms in total. The number of nitrogens with zero attached hydrogens (tertiary/aromatic N) is 3. The van der Waals surface area contributed by atoms with Crippen LogP contribution in [0.15, 0.2) is 12.1 Å². The number of piperidine rings is 1. The Bertz CT molecular complexity index is 717. The molecule has 3 rings (SSSR count). The smallest absolute Gasteiger partial charge is 0.272 e. The molecule has 1 unspecified atom stereocenters. The predicted octanol–water partition coefficient (Wildman–Crippen LogP) is 1.34. The van der Waals surface area contributed by atoms with Crippen LogP contribution >= 0.6 is 0 Å². The van der Waals surface area contributed by atoms with Crippen LogP contribution in [-0.4, -0.2) is 59.9 Å². The van der Waals surface area contributed by atoms with Crippen molar-refractivity contribution < 1.29 is 13.2 Å². The number of aryl methyl sites for hydroxylation is 2. The summed E-state index contributed by atoms with van der Waals surface area (Å²) in [5, 5.41) is 0. The van der Waals surface area contributed by atoms with Crippen molar-refractivity contribution >= 4 is 15.9 Å². The largest absolute Gasteiger partial charge is 0.336 e. The Balaban J connectivity index is 1.75. The van der Waals surface area contributed by atoms with Gasteiger partial charge in [0.2, 0.25) is 10.0 Å². The number of aromatic nitrogens is 1. The van der Waals surface area contributed by atoms with Gasteiger partial charge in [-0.2, -0.15) is 4.31 Å². The number of sulfonamides is 1. The number of likely N-dealkylation sites (tertiary alicyclic amines) is 1. The molecule has 0 aliphatic carbocycles. The Hall–Kier alpha value is -1.47. The summed E-state index contributed by atoms with van der Waals surface area (Å²) in [6, 6.07) is 3.56. The second-order valence-corrected chi connectivity index (χ2v) is 8.47. The van der Waals surface area contributed by atoms with E-state index in [0.717, 1.165) is 24.1 Å². The van der Waals surface area contributed by atoms with Crippen molar-refractivity contribution in [3.8, 4) is 0 Å². The maximum absolute atomic E-state index is 12.7. The fraction of sp³-hybridized carbons (Fsp3) is 0.625. The van der Waals surface area contributed by atoms with Gasteiger partial charge in [-0.1, -0.05) is 6.07 Å². The second-order valence-electron chi connectivity index (χ2n) is 6.43. The first kappa shape index (κ1) is 16.4. The highest BCUT2D eigenvalue weighted by Crippen LogP contribution is 2.24. The van der Waals surface area contributed by atoms with Gasteiger partial charge in [-0.05, 0) is 44.7 Å². The molecule has 3 heterocycles. The molecule has 0 saturated carbocycles. The number of carbonyl (C=O) groups is 1. The molecule has 126 valence electrons. The zero-order valence-electron chi connectivity index (χ0n) is 13.7. The Labute approximate surface area is 137 Å². The molecule has 0 bridgehead atoms. The minimum atomic E-state index is -3.13. The number of amides is 1. The van der Waals surface area contributed by atoms with Crippen LogP contribution < -0.4 is 0 Å². The van der Waals surface area contributed by atoms with Crippen LogP contribution in [0, 0.1) is 13.8 Å². The molecule has 2 aliphatic heterocycles. The third kappa shape index (κ3) is 3.26. The van der Waals surface area contributed by atoms with E-state index >= 15 is 0 Å². The molecule has 0 aromatic carbocycles. The van der Waals surface area contributed by atoms with E-state index in [-0.39, 0.29) is 17.7 Å². The van der Waals surface area contributed by atoms with Crippen LogP contribution in [0.5, 0.6) is 0 Å². The van der Waals surface area contributed by atoms with Gasteiger partial charge in [0.1, 0.15) is 5.69 Å².